The van der Waals surface area contributed by atoms with E-state index in [-0.39, 0.29) is 5.91 Å². The molecule has 0 unspecified atom stereocenters. The number of fused-ring (bicyclic) bond motifs is 1. The second kappa shape index (κ2) is 7.09. The lowest BCUT2D eigenvalue weighted by Gasteiger charge is -2.14. The molecule has 3 rings (SSSR count). The molecule has 3 heteroatoms. The van der Waals surface area contributed by atoms with E-state index in [1.165, 1.54) is 0 Å². The summed E-state index contributed by atoms with van der Waals surface area (Å²) in [6, 6.07) is 17.7. The molecular weight excluding hydrogens is 296 g/mol. The SMILES string of the molecule is CCc1nc2ccccc2c(NC(=O)C=Cc2ccccc2)c1C. The summed E-state index contributed by atoms with van der Waals surface area (Å²) < 4.78 is 0. The van der Waals surface area contributed by atoms with Crippen LogP contribution in [0.5, 0.6) is 0 Å². The number of nitrogens with one attached hydrogen (secondary N) is 1. The summed E-state index contributed by atoms with van der Waals surface area (Å²) in [7, 11) is 0. The van der Waals surface area contributed by atoms with Gasteiger partial charge in [0, 0.05) is 17.2 Å². The topological polar surface area (TPSA) is 42.0 Å². The number of carbonyl (C=O) groups is 1. The van der Waals surface area contributed by atoms with Gasteiger partial charge in [0.2, 0.25) is 5.91 Å². The van der Waals surface area contributed by atoms with Crippen LogP contribution in [0.15, 0.2) is 60.7 Å². The Morgan fingerprint density at radius 3 is 2.54 bits per heavy atom. The Hall–Kier alpha value is -2.94. The second-order valence-electron chi connectivity index (χ2n) is 5.66. The minimum Gasteiger partial charge on any atom is -0.322 e. The van der Waals surface area contributed by atoms with Crippen molar-refractivity contribution in [3.8, 4) is 0 Å². The zero-order valence-corrected chi connectivity index (χ0v) is 13.9. The number of hydrogen-bond acceptors (Lipinski definition) is 2. The molecule has 0 saturated carbocycles. The van der Waals surface area contributed by atoms with Gasteiger partial charge in [-0.15, -0.1) is 0 Å². The van der Waals surface area contributed by atoms with Gasteiger partial charge in [-0.3, -0.25) is 9.78 Å². The van der Waals surface area contributed by atoms with Crippen LogP contribution in [-0.4, -0.2) is 10.9 Å². The number of aryl methyl sites for hydroxylation is 1. The van der Waals surface area contributed by atoms with Crippen molar-refractivity contribution in [1.29, 1.82) is 0 Å². The summed E-state index contributed by atoms with van der Waals surface area (Å²) in [5.74, 6) is -0.139. The molecule has 24 heavy (non-hydrogen) atoms. The Labute approximate surface area is 142 Å². The summed E-state index contributed by atoms with van der Waals surface area (Å²) in [5, 5.41) is 4.00. The zero-order valence-electron chi connectivity index (χ0n) is 13.9. The minimum atomic E-state index is -0.139. The van der Waals surface area contributed by atoms with Crippen molar-refractivity contribution < 1.29 is 4.79 Å². The largest absolute Gasteiger partial charge is 0.322 e. The van der Waals surface area contributed by atoms with Gasteiger partial charge < -0.3 is 5.32 Å². The van der Waals surface area contributed by atoms with Gasteiger partial charge in [0.05, 0.1) is 11.2 Å². The predicted molar refractivity (Wildman–Crippen MR) is 100.0 cm³/mol. The molecule has 1 heterocycles. The van der Waals surface area contributed by atoms with Gasteiger partial charge in [0.15, 0.2) is 0 Å². The Balaban J connectivity index is 1.93. The average Bonchev–Trinajstić information content (AvgIpc) is 2.63. The maximum absolute atomic E-state index is 12.4. The van der Waals surface area contributed by atoms with E-state index in [9.17, 15) is 4.79 Å². The van der Waals surface area contributed by atoms with Crippen LogP contribution < -0.4 is 5.32 Å². The molecule has 0 spiro atoms. The number of para-hydroxylation sites is 1. The molecule has 0 atom stereocenters. The van der Waals surface area contributed by atoms with Gasteiger partial charge in [-0.2, -0.15) is 0 Å². The lowest BCUT2D eigenvalue weighted by atomic mass is 10.1. The van der Waals surface area contributed by atoms with Crippen LogP contribution in [0.2, 0.25) is 0 Å². The first kappa shape index (κ1) is 15.9. The number of nitrogens with zero attached hydrogens (tertiary/aromatic N) is 1. The number of amides is 1. The van der Waals surface area contributed by atoms with Gasteiger partial charge in [-0.25, -0.2) is 0 Å². The smallest absolute Gasteiger partial charge is 0.248 e. The molecule has 1 amide bonds. The van der Waals surface area contributed by atoms with Crippen molar-refractivity contribution >= 4 is 28.6 Å². The van der Waals surface area contributed by atoms with E-state index in [4.69, 9.17) is 0 Å². The quantitative estimate of drug-likeness (QED) is 0.705. The van der Waals surface area contributed by atoms with E-state index in [1.54, 1.807) is 6.08 Å². The molecule has 1 aromatic heterocycles. The Morgan fingerprint density at radius 1 is 1.08 bits per heavy atom. The number of benzene rings is 2. The van der Waals surface area contributed by atoms with E-state index in [0.29, 0.717) is 0 Å². The first-order valence-electron chi connectivity index (χ1n) is 8.11. The number of rotatable bonds is 4. The summed E-state index contributed by atoms with van der Waals surface area (Å²) in [5.41, 5.74) is 4.79. The third kappa shape index (κ3) is 3.35. The third-order valence-electron chi connectivity index (χ3n) is 4.05. The molecule has 3 nitrogen and oxygen atoms in total. The molecular formula is C21H20N2O. The fourth-order valence-electron chi connectivity index (χ4n) is 2.76. The monoisotopic (exact) mass is 316 g/mol. The van der Waals surface area contributed by atoms with Crippen molar-refractivity contribution in [3.63, 3.8) is 0 Å². The van der Waals surface area contributed by atoms with E-state index in [1.807, 2.05) is 67.6 Å². The highest BCUT2D eigenvalue weighted by atomic mass is 16.1. The summed E-state index contributed by atoms with van der Waals surface area (Å²) >= 11 is 0. The predicted octanol–water partition coefficient (Wildman–Crippen LogP) is 4.76. The number of hydrogen-bond donors (Lipinski definition) is 1. The molecule has 0 radical (unpaired) electrons. The number of anilines is 1. The Bertz CT molecular complexity index is 898. The van der Waals surface area contributed by atoms with Gasteiger partial charge in [-0.05, 0) is 36.6 Å². The van der Waals surface area contributed by atoms with Crippen LogP contribution in [-0.2, 0) is 11.2 Å². The Kier molecular flexibility index (Phi) is 4.71. The Morgan fingerprint density at radius 2 is 1.79 bits per heavy atom. The standard InChI is InChI=1S/C21H20N2O/c1-3-18-15(2)21(17-11-7-8-12-19(17)22-18)23-20(24)14-13-16-9-5-4-6-10-16/h4-14H,3H2,1-2H3,(H,22,23,24). The normalized spacial score (nSPS) is 11.1. The summed E-state index contributed by atoms with van der Waals surface area (Å²) in [4.78, 5) is 17.0. The van der Waals surface area contributed by atoms with Gasteiger partial charge in [0.25, 0.3) is 0 Å². The second-order valence-corrected chi connectivity index (χ2v) is 5.66. The van der Waals surface area contributed by atoms with Crippen molar-refractivity contribution in [2.24, 2.45) is 0 Å². The van der Waals surface area contributed by atoms with Crippen molar-refractivity contribution in [3.05, 3.63) is 77.5 Å². The molecule has 0 fully saturated rings. The van der Waals surface area contributed by atoms with Gasteiger partial charge >= 0.3 is 0 Å². The zero-order chi connectivity index (χ0) is 16.9. The fraction of sp³-hybridized carbons (Fsp3) is 0.143. The van der Waals surface area contributed by atoms with Crippen molar-refractivity contribution in [1.82, 2.24) is 4.98 Å². The van der Waals surface area contributed by atoms with E-state index >= 15 is 0 Å². The van der Waals surface area contributed by atoms with Crippen LogP contribution in [0.1, 0.15) is 23.7 Å². The molecule has 120 valence electrons. The molecule has 0 aliphatic rings. The first-order chi connectivity index (χ1) is 11.7. The van der Waals surface area contributed by atoms with E-state index in [0.717, 1.165) is 39.8 Å². The fourth-order valence-corrected chi connectivity index (χ4v) is 2.76. The lowest BCUT2D eigenvalue weighted by molar-refractivity contribution is -0.111. The third-order valence-corrected chi connectivity index (χ3v) is 4.05. The van der Waals surface area contributed by atoms with Crippen LogP contribution in [0, 0.1) is 6.92 Å². The average molecular weight is 316 g/mol. The number of pyridine rings is 1. The summed E-state index contributed by atoms with van der Waals surface area (Å²) in [6.07, 6.45) is 4.21. The van der Waals surface area contributed by atoms with Crippen LogP contribution in [0.4, 0.5) is 5.69 Å². The number of carbonyl (C=O) groups excluding carboxylic acids is 1. The minimum absolute atomic E-state index is 0.139. The lowest BCUT2D eigenvalue weighted by Crippen LogP contribution is -2.11. The van der Waals surface area contributed by atoms with Crippen molar-refractivity contribution in [2.75, 3.05) is 5.32 Å². The highest BCUT2D eigenvalue weighted by molar-refractivity contribution is 6.07. The highest BCUT2D eigenvalue weighted by Gasteiger charge is 2.12. The maximum Gasteiger partial charge on any atom is 0.248 e. The van der Waals surface area contributed by atoms with E-state index in [2.05, 4.69) is 17.2 Å². The van der Waals surface area contributed by atoms with Crippen LogP contribution in [0.25, 0.3) is 17.0 Å². The molecule has 0 aliphatic heterocycles. The first-order valence-corrected chi connectivity index (χ1v) is 8.11. The van der Waals surface area contributed by atoms with Gasteiger partial charge in [-0.1, -0.05) is 55.5 Å². The number of aromatic nitrogens is 1. The van der Waals surface area contributed by atoms with Crippen molar-refractivity contribution in [2.45, 2.75) is 20.3 Å². The maximum atomic E-state index is 12.4. The van der Waals surface area contributed by atoms with Crippen LogP contribution in [0.3, 0.4) is 0 Å². The molecule has 1 N–H and O–H groups in total. The van der Waals surface area contributed by atoms with E-state index < -0.39 is 0 Å². The summed E-state index contributed by atoms with van der Waals surface area (Å²) in [6.45, 7) is 4.08. The molecule has 0 saturated heterocycles. The molecule has 0 aliphatic carbocycles. The van der Waals surface area contributed by atoms with Gasteiger partial charge in [0.1, 0.15) is 0 Å². The molecule has 3 aromatic rings. The molecule has 2 aromatic carbocycles. The van der Waals surface area contributed by atoms with Crippen LogP contribution >= 0.6 is 0 Å². The molecule has 0 bridgehead atoms. The highest BCUT2D eigenvalue weighted by Crippen LogP contribution is 2.28.